The Kier molecular flexibility index (Phi) is 7.19. The summed E-state index contributed by atoms with van der Waals surface area (Å²) in [6.07, 6.45) is 8.18. The highest BCUT2D eigenvalue weighted by atomic mass is 32.1. The average molecular weight is 454 g/mol. The van der Waals surface area contributed by atoms with Gasteiger partial charge in [0.15, 0.2) is 0 Å². The summed E-state index contributed by atoms with van der Waals surface area (Å²) in [4.78, 5) is 48.0. The van der Waals surface area contributed by atoms with Crippen LogP contribution < -0.4 is 11.1 Å². The van der Waals surface area contributed by atoms with E-state index < -0.39 is 17.7 Å². The maximum Gasteiger partial charge on any atom is 0.313 e. The molecule has 168 valence electrons. The number of primary amides is 1. The van der Waals surface area contributed by atoms with Crippen LogP contribution in [0.15, 0.2) is 36.7 Å². The molecule has 0 saturated carbocycles. The quantitative estimate of drug-likeness (QED) is 0.533. The second-order valence-corrected chi connectivity index (χ2v) is 9.26. The van der Waals surface area contributed by atoms with E-state index in [4.69, 9.17) is 5.73 Å². The zero-order chi connectivity index (χ0) is 23.4. The molecule has 8 nitrogen and oxygen atoms in total. The first-order valence-electron chi connectivity index (χ1n) is 10.3. The third kappa shape index (κ3) is 5.47. The van der Waals surface area contributed by atoms with Crippen molar-refractivity contribution in [3.8, 4) is 0 Å². The molecule has 2 aromatic heterocycles. The fourth-order valence-electron chi connectivity index (χ4n) is 3.72. The van der Waals surface area contributed by atoms with Crippen LogP contribution in [0.3, 0.4) is 0 Å². The minimum absolute atomic E-state index is 0.145. The molecule has 9 heteroatoms. The predicted molar refractivity (Wildman–Crippen MR) is 125 cm³/mol. The van der Waals surface area contributed by atoms with Crippen LogP contribution in [0.25, 0.3) is 6.08 Å². The van der Waals surface area contributed by atoms with Gasteiger partial charge in [-0.15, -0.1) is 11.3 Å². The van der Waals surface area contributed by atoms with E-state index in [-0.39, 0.29) is 23.2 Å². The number of pyridine rings is 1. The van der Waals surface area contributed by atoms with Crippen LogP contribution in [-0.4, -0.2) is 45.2 Å². The highest BCUT2D eigenvalue weighted by molar-refractivity contribution is 7.12. The lowest BCUT2D eigenvalue weighted by Gasteiger charge is -2.38. The third-order valence-corrected chi connectivity index (χ3v) is 6.41. The Balaban J connectivity index is 1.75. The summed E-state index contributed by atoms with van der Waals surface area (Å²) < 4.78 is 0. The minimum atomic E-state index is -0.793. The van der Waals surface area contributed by atoms with Gasteiger partial charge >= 0.3 is 11.8 Å². The number of carbonyl (C=O) groups excluding carboxylic acids is 3. The molecule has 1 saturated heterocycles. The zero-order valence-electron chi connectivity index (χ0n) is 18.4. The van der Waals surface area contributed by atoms with Gasteiger partial charge in [0.25, 0.3) is 0 Å². The number of nitrogens with two attached hydrogens (primary N) is 1. The van der Waals surface area contributed by atoms with Gasteiger partial charge in [-0.1, -0.05) is 19.6 Å². The van der Waals surface area contributed by atoms with E-state index in [1.807, 2.05) is 26.0 Å². The molecule has 32 heavy (non-hydrogen) atoms. The summed E-state index contributed by atoms with van der Waals surface area (Å²) in [5.74, 6) is -1.84. The number of likely N-dealkylation sites (tertiary alicyclic amines) is 1. The fraction of sp³-hybridized carbons (Fsp3) is 0.348. The summed E-state index contributed by atoms with van der Waals surface area (Å²) in [5, 5.41) is 3.51. The number of anilines is 1. The van der Waals surface area contributed by atoms with Crippen molar-refractivity contribution in [1.29, 1.82) is 0 Å². The van der Waals surface area contributed by atoms with E-state index in [1.54, 1.807) is 16.2 Å². The number of nitrogens with one attached hydrogen (secondary N) is 1. The third-order valence-electron chi connectivity index (χ3n) is 5.37. The molecule has 0 spiro atoms. The van der Waals surface area contributed by atoms with Crippen LogP contribution in [-0.2, 0) is 9.59 Å². The second kappa shape index (κ2) is 9.86. The number of nitrogens with zero attached hydrogens (tertiary/aromatic N) is 3. The number of amides is 3. The zero-order valence-corrected chi connectivity index (χ0v) is 19.2. The Morgan fingerprint density at radius 2 is 2.03 bits per heavy atom. The van der Waals surface area contributed by atoms with Crippen molar-refractivity contribution in [3.63, 3.8) is 0 Å². The Hall–Kier alpha value is -3.33. The molecular weight excluding hydrogens is 426 g/mol. The molecule has 3 amide bonds. The largest absolute Gasteiger partial charge is 0.366 e. The van der Waals surface area contributed by atoms with Gasteiger partial charge in [-0.25, -0.2) is 4.98 Å². The smallest absolute Gasteiger partial charge is 0.313 e. The van der Waals surface area contributed by atoms with Crippen molar-refractivity contribution in [2.24, 2.45) is 11.7 Å². The number of hydrogen-bond donors (Lipinski definition) is 2. The van der Waals surface area contributed by atoms with E-state index in [2.05, 4.69) is 28.8 Å². The molecule has 3 N–H and O–H groups in total. The van der Waals surface area contributed by atoms with Crippen LogP contribution in [0, 0.1) is 19.8 Å². The van der Waals surface area contributed by atoms with Gasteiger partial charge in [0, 0.05) is 12.7 Å². The Labute approximate surface area is 191 Å². The molecule has 1 aliphatic rings. The van der Waals surface area contributed by atoms with Crippen LogP contribution in [0.4, 0.5) is 5.69 Å². The van der Waals surface area contributed by atoms with Gasteiger partial charge in [0.05, 0.1) is 39.1 Å². The first-order valence-corrected chi connectivity index (χ1v) is 11.1. The van der Waals surface area contributed by atoms with Crippen molar-refractivity contribution in [1.82, 2.24) is 14.9 Å². The summed E-state index contributed by atoms with van der Waals surface area (Å²) >= 11 is 1.60. The first kappa shape index (κ1) is 23.3. The van der Waals surface area contributed by atoms with Crippen LogP contribution in [0.1, 0.15) is 45.7 Å². The molecule has 3 rings (SSSR count). The molecule has 2 aromatic rings. The standard InChI is InChI=1S/C23H27N5O3S/c1-13-5-7-19(14(2)6-8-20-15(3)26-16(4)32-20)28(12-13)23(31)22(30)27-18-9-17(21(24)29)10-25-11-18/h6,8-11,13,19H,2,5,7,12H2,1,3-4H3,(H2,24,29)(H,27,30)/b8-6-/t13-,19+/m1/s1. The molecule has 0 unspecified atom stereocenters. The molecule has 0 radical (unpaired) electrons. The lowest BCUT2D eigenvalue weighted by Crippen LogP contribution is -2.50. The summed E-state index contributed by atoms with van der Waals surface area (Å²) in [6.45, 7) is 10.6. The number of rotatable bonds is 5. The van der Waals surface area contributed by atoms with Crippen LogP contribution >= 0.6 is 11.3 Å². The van der Waals surface area contributed by atoms with Crippen LogP contribution in [0.5, 0.6) is 0 Å². The minimum Gasteiger partial charge on any atom is -0.366 e. The van der Waals surface area contributed by atoms with Gasteiger partial charge in [-0.05, 0) is 50.3 Å². The molecule has 3 heterocycles. The Morgan fingerprint density at radius 1 is 1.28 bits per heavy atom. The highest BCUT2D eigenvalue weighted by Crippen LogP contribution is 2.28. The molecule has 0 aromatic carbocycles. The molecular formula is C23H27N5O3S. The molecule has 1 fully saturated rings. The Bertz CT molecular complexity index is 1090. The predicted octanol–water partition coefficient (Wildman–Crippen LogP) is 3.09. The molecule has 0 aliphatic carbocycles. The fourth-order valence-corrected chi connectivity index (χ4v) is 4.55. The van der Waals surface area contributed by atoms with Gasteiger partial charge in [0.2, 0.25) is 5.91 Å². The van der Waals surface area contributed by atoms with Gasteiger partial charge < -0.3 is 16.0 Å². The summed E-state index contributed by atoms with van der Waals surface area (Å²) in [6, 6.07) is 1.11. The van der Waals surface area contributed by atoms with Gasteiger partial charge in [-0.2, -0.15) is 0 Å². The van der Waals surface area contributed by atoms with Crippen LogP contribution in [0.2, 0.25) is 0 Å². The maximum atomic E-state index is 13.0. The number of aryl methyl sites for hydroxylation is 2. The topological polar surface area (TPSA) is 118 Å². The van der Waals surface area contributed by atoms with E-state index >= 15 is 0 Å². The lowest BCUT2D eigenvalue weighted by atomic mass is 9.90. The van der Waals surface area contributed by atoms with Crippen molar-refractivity contribution < 1.29 is 14.4 Å². The van der Waals surface area contributed by atoms with Gasteiger partial charge in [0.1, 0.15) is 0 Å². The van der Waals surface area contributed by atoms with E-state index in [9.17, 15) is 14.4 Å². The number of aromatic nitrogens is 2. The average Bonchev–Trinajstić information content (AvgIpc) is 3.08. The summed E-state index contributed by atoms with van der Waals surface area (Å²) in [7, 11) is 0. The van der Waals surface area contributed by atoms with Crippen molar-refractivity contribution in [3.05, 3.63) is 57.8 Å². The van der Waals surface area contributed by atoms with Gasteiger partial charge in [-0.3, -0.25) is 19.4 Å². The first-order chi connectivity index (χ1) is 15.2. The number of piperidine rings is 1. The Morgan fingerprint density at radius 3 is 2.69 bits per heavy atom. The molecule has 2 atom stereocenters. The number of thiazole rings is 1. The second-order valence-electron chi connectivity index (χ2n) is 8.03. The SMILES string of the molecule is C=C(/C=C\c1sc(C)nc1C)[C@@H]1CC[C@@H](C)CN1C(=O)C(=O)Nc1cncc(C(N)=O)c1. The normalized spacial score (nSPS) is 18.5. The molecule has 0 bridgehead atoms. The molecule has 1 aliphatic heterocycles. The highest BCUT2D eigenvalue weighted by Gasteiger charge is 2.34. The monoisotopic (exact) mass is 453 g/mol. The lowest BCUT2D eigenvalue weighted by molar-refractivity contribution is -0.145. The van der Waals surface area contributed by atoms with E-state index in [0.717, 1.165) is 34.0 Å². The van der Waals surface area contributed by atoms with Crippen molar-refractivity contribution in [2.75, 3.05) is 11.9 Å². The van der Waals surface area contributed by atoms with E-state index in [0.29, 0.717) is 6.54 Å². The van der Waals surface area contributed by atoms with E-state index in [1.165, 1.54) is 18.5 Å². The number of hydrogen-bond acceptors (Lipinski definition) is 6. The maximum absolute atomic E-state index is 13.0. The van der Waals surface area contributed by atoms with Crippen molar-refractivity contribution in [2.45, 2.75) is 39.7 Å². The van der Waals surface area contributed by atoms with Crippen molar-refractivity contribution >= 4 is 40.8 Å². The number of carbonyl (C=O) groups is 3. The summed E-state index contributed by atoms with van der Waals surface area (Å²) in [5.41, 5.74) is 7.35.